The molecule has 0 unspecified atom stereocenters. The van der Waals surface area contributed by atoms with Gasteiger partial charge in [-0.1, -0.05) is 0 Å². The fourth-order valence-electron chi connectivity index (χ4n) is 0.957. The topological polar surface area (TPSA) is 57.9 Å². The molecule has 0 aromatic heterocycles. The zero-order valence-electron chi connectivity index (χ0n) is 6.75. The van der Waals surface area contributed by atoms with E-state index >= 15 is 0 Å². The van der Waals surface area contributed by atoms with Crippen LogP contribution in [-0.4, -0.2) is 11.5 Å². The van der Waals surface area contributed by atoms with Gasteiger partial charge < -0.3 is 0 Å². The molecule has 0 fully saturated rings. The fourth-order valence-corrected chi connectivity index (χ4v) is 2.12. The lowest BCUT2D eigenvalue weighted by Gasteiger charge is -2.02. The second-order valence-corrected chi connectivity index (χ2v) is 3.81. The molecule has 0 N–H and O–H groups in total. The Labute approximate surface area is 98.8 Å². The van der Waals surface area contributed by atoms with Crippen molar-refractivity contribution < 1.29 is 9.59 Å². The van der Waals surface area contributed by atoms with Gasteiger partial charge in [0.1, 0.15) is 0 Å². The van der Waals surface area contributed by atoms with Crippen LogP contribution in [0, 0.1) is 14.9 Å². The molecular formula is C9H3ClINO2. The maximum atomic E-state index is 10.9. The summed E-state index contributed by atoms with van der Waals surface area (Å²) in [5, 5.41) is 8.04. The molecule has 70 valence electrons. The van der Waals surface area contributed by atoms with Crippen molar-refractivity contribution in [1.29, 1.82) is 5.26 Å². The number of carbonyl (C=O) groups is 2. The summed E-state index contributed by atoms with van der Waals surface area (Å²) < 4.78 is 0.414. The van der Waals surface area contributed by atoms with Gasteiger partial charge in [-0.05, 0) is 46.3 Å². The minimum Gasteiger partial charge on any atom is -0.298 e. The number of aldehydes is 1. The first kappa shape index (κ1) is 11.1. The van der Waals surface area contributed by atoms with E-state index in [0.717, 1.165) is 0 Å². The summed E-state index contributed by atoms with van der Waals surface area (Å²) in [7, 11) is 0. The van der Waals surface area contributed by atoms with Crippen LogP contribution in [0.5, 0.6) is 0 Å². The molecule has 1 aromatic carbocycles. The van der Waals surface area contributed by atoms with Crippen LogP contribution in [0.2, 0.25) is 0 Å². The quantitative estimate of drug-likeness (QED) is 0.478. The molecule has 0 aliphatic carbocycles. The van der Waals surface area contributed by atoms with Crippen LogP contribution < -0.4 is 0 Å². The summed E-state index contributed by atoms with van der Waals surface area (Å²) in [6, 6.07) is 4.70. The lowest BCUT2D eigenvalue weighted by Crippen LogP contribution is -2.00. The lowest BCUT2D eigenvalue weighted by atomic mass is 10.1. The first-order valence-electron chi connectivity index (χ1n) is 3.49. The third-order valence-corrected chi connectivity index (χ3v) is 3.00. The number of hydrogen-bond donors (Lipinski definition) is 0. The third-order valence-electron chi connectivity index (χ3n) is 1.63. The van der Waals surface area contributed by atoms with Crippen LogP contribution in [0.4, 0.5) is 0 Å². The van der Waals surface area contributed by atoms with Gasteiger partial charge in [0.15, 0.2) is 6.29 Å². The Balaban J connectivity index is 3.52. The number of nitriles is 1. The van der Waals surface area contributed by atoms with E-state index in [0.29, 0.717) is 9.86 Å². The highest BCUT2D eigenvalue weighted by molar-refractivity contribution is 14.1. The largest absolute Gasteiger partial charge is 0.298 e. The highest BCUT2D eigenvalue weighted by Crippen LogP contribution is 2.21. The molecule has 3 nitrogen and oxygen atoms in total. The Bertz CT molecular complexity index is 451. The van der Waals surface area contributed by atoms with Crippen LogP contribution >= 0.6 is 34.2 Å². The monoisotopic (exact) mass is 319 g/mol. The smallest absolute Gasteiger partial charge is 0.253 e. The third kappa shape index (κ3) is 1.94. The van der Waals surface area contributed by atoms with Gasteiger partial charge in [0.25, 0.3) is 5.24 Å². The van der Waals surface area contributed by atoms with Crippen molar-refractivity contribution in [2.45, 2.75) is 0 Å². The first-order valence-corrected chi connectivity index (χ1v) is 4.95. The zero-order valence-corrected chi connectivity index (χ0v) is 9.67. The van der Waals surface area contributed by atoms with Crippen molar-refractivity contribution in [1.82, 2.24) is 0 Å². The van der Waals surface area contributed by atoms with Crippen molar-refractivity contribution in [3.8, 4) is 6.07 Å². The van der Waals surface area contributed by atoms with Gasteiger partial charge in [-0.3, -0.25) is 9.59 Å². The molecule has 0 aliphatic heterocycles. The van der Waals surface area contributed by atoms with Gasteiger partial charge >= 0.3 is 0 Å². The maximum absolute atomic E-state index is 10.9. The Morgan fingerprint density at radius 1 is 1.57 bits per heavy atom. The molecule has 0 spiro atoms. The molecule has 0 aliphatic rings. The normalized spacial score (nSPS) is 9.21. The van der Waals surface area contributed by atoms with Gasteiger partial charge in [0.05, 0.1) is 11.6 Å². The summed E-state index contributed by atoms with van der Waals surface area (Å²) in [5.74, 6) is 0. The number of halogens is 2. The molecular weight excluding hydrogens is 316 g/mol. The summed E-state index contributed by atoms with van der Waals surface area (Å²) >= 11 is 7.11. The lowest BCUT2D eigenvalue weighted by molar-refractivity contribution is 0.108. The van der Waals surface area contributed by atoms with Gasteiger partial charge in [-0.25, -0.2) is 0 Å². The molecule has 1 rings (SSSR count). The Morgan fingerprint density at radius 3 is 2.64 bits per heavy atom. The Hall–Kier alpha value is -0.930. The van der Waals surface area contributed by atoms with E-state index in [9.17, 15) is 9.59 Å². The summed E-state index contributed by atoms with van der Waals surface area (Å²) in [6.45, 7) is 0. The van der Waals surface area contributed by atoms with E-state index in [1.165, 1.54) is 12.1 Å². The van der Waals surface area contributed by atoms with Crippen molar-refractivity contribution in [2.75, 3.05) is 0 Å². The first-order chi connectivity index (χ1) is 6.61. The summed E-state index contributed by atoms with van der Waals surface area (Å²) in [5.41, 5.74) is 0.694. The van der Waals surface area contributed by atoms with E-state index < -0.39 is 5.24 Å². The predicted octanol–water partition coefficient (Wildman–Crippen LogP) is 2.35. The molecule has 0 amide bonds. The average molecular weight is 319 g/mol. The number of rotatable bonds is 2. The van der Waals surface area contributed by atoms with Crippen LogP contribution in [-0.2, 0) is 0 Å². The highest BCUT2D eigenvalue weighted by atomic mass is 127. The molecule has 1 aromatic rings. The van der Waals surface area contributed by atoms with Crippen molar-refractivity contribution >= 4 is 45.7 Å². The maximum Gasteiger partial charge on any atom is 0.253 e. The van der Waals surface area contributed by atoms with Crippen molar-refractivity contribution in [2.24, 2.45) is 0 Å². The minimum absolute atomic E-state index is 0.208. The second-order valence-electron chi connectivity index (χ2n) is 2.39. The van der Waals surface area contributed by atoms with Gasteiger partial charge in [0.2, 0.25) is 0 Å². The molecule has 0 saturated heterocycles. The van der Waals surface area contributed by atoms with E-state index in [4.69, 9.17) is 16.9 Å². The average Bonchev–Trinajstić information content (AvgIpc) is 2.16. The fraction of sp³-hybridized carbons (Fsp3) is 0. The number of nitrogens with zero attached hydrogens (tertiary/aromatic N) is 1. The van der Waals surface area contributed by atoms with Crippen molar-refractivity contribution in [3.63, 3.8) is 0 Å². The molecule has 0 radical (unpaired) electrons. The number of benzene rings is 1. The van der Waals surface area contributed by atoms with Gasteiger partial charge in [-0.2, -0.15) is 5.26 Å². The Morgan fingerprint density at radius 2 is 2.21 bits per heavy atom. The molecule has 0 atom stereocenters. The van der Waals surface area contributed by atoms with Crippen LogP contribution in [0.15, 0.2) is 12.1 Å². The molecule has 0 saturated carbocycles. The highest BCUT2D eigenvalue weighted by Gasteiger charge is 2.14. The zero-order chi connectivity index (χ0) is 10.7. The predicted molar refractivity (Wildman–Crippen MR) is 59.4 cm³/mol. The van der Waals surface area contributed by atoms with E-state index in [-0.39, 0.29) is 16.7 Å². The van der Waals surface area contributed by atoms with Crippen molar-refractivity contribution in [3.05, 3.63) is 32.4 Å². The van der Waals surface area contributed by atoms with Crippen LogP contribution in [0.1, 0.15) is 26.3 Å². The van der Waals surface area contributed by atoms with E-state index in [1.807, 2.05) is 28.7 Å². The molecule has 0 bridgehead atoms. The Kier molecular flexibility index (Phi) is 3.61. The van der Waals surface area contributed by atoms with Gasteiger partial charge in [0, 0.05) is 14.7 Å². The van der Waals surface area contributed by atoms with Gasteiger partial charge in [-0.15, -0.1) is 0 Å². The molecule has 14 heavy (non-hydrogen) atoms. The number of hydrogen-bond acceptors (Lipinski definition) is 3. The SMILES string of the molecule is N#Cc1ccc(C(=O)Cl)c(I)c1C=O. The summed E-state index contributed by atoms with van der Waals surface area (Å²) in [6.07, 6.45) is 0.545. The van der Waals surface area contributed by atoms with E-state index in [2.05, 4.69) is 0 Å². The van der Waals surface area contributed by atoms with Crippen LogP contribution in [0.3, 0.4) is 0 Å². The standard InChI is InChI=1S/C9H3ClINO2/c10-9(14)6-2-1-5(3-12)7(4-13)8(6)11/h1-2,4H. The van der Waals surface area contributed by atoms with Crippen LogP contribution in [0.25, 0.3) is 0 Å². The summed E-state index contributed by atoms with van der Waals surface area (Å²) in [4.78, 5) is 21.6. The molecule has 0 heterocycles. The van der Waals surface area contributed by atoms with E-state index in [1.54, 1.807) is 0 Å². The number of carbonyl (C=O) groups excluding carboxylic acids is 2. The minimum atomic E-state index is -0.637. The molecule has 5 heteroatoms. The second kappa shape index (κ2) is 4.53.